The number of aryl methyl sites for hydroxylation is 1. The van der Waals surface area contributed by atoms with Gasteiger partial charge >= 0.3 is 0 Å². The molecule has 0 radical (unpaired) electrons. The maximum atomic E-state index is 13.4. The quantitative estimate of drug-likeness (QED) is 0.377. The maximum absolute atomic E-state index is 13.4. The van der Waals surface area contributed by atoms with Gasteiger partial charge in [-0.05, 0) is 62.4 Å². The van der Waals surface area contributed by atoms with Gasteiger partial charge in [-0.3, -0.25) is 9.59 Å². The number of carbonyl (C=O) groups is 2. The van der Waals surface area contributed by atoms with Crippen molar-refractivity contribution in [2.45, 2.75) is 58.9 Å². The molecule has 2 amide bonds. The van der Waals surface area contributed by atoms with Crippen molar-refractivity contribution in [3.63, 3.8) is 0 Å². The average Bonchev–Trinajstić information content (AvgIpc) is 3.61. The van der Waals surface area contributed by atoms with Gasteiger partial charge in [-0.25, -0.2) is 0 Å². The zero-order valence-electron chi connectivity index (χ0n) is 21.0. The van der Waals surface area contributed by atoms with Crippen LogP contribution >= 0.6 is 0 Å². The monoisotopic (exact) mass is 470 g/mol. The molecule has 34 heavy (non-hydrogen) atoms. The molecule has 1 aliphatic carbocycles. The van der Waals surface area contributed by atoms with Crippen molar-refractivity contribution < 1.29 is 23.5 Å². The molecule has 7 heteroatoms. The molecule has 1 heterocycles. The van der Waals surface area contributed by atoms with Crippen LogP contribution in [0, 0.1) is 12.8 Å². The molecular formula is C27H38N2O5. The molecule has 186 valence electrons. The lowest BCUT2D eigenvalue weighted by molar-refractivity contribution is -0.141. The Morgan fingerprint density at radius 3 is 2.38 bits per heavy atom. The summed E-state index contributed by atoms with van der Waals surface area (Å²) in [5.41, 5.74) is 1.04. The van der Waals surface area contributed by atoms with E-state index in [1.807, 2.05) is 37.3 Å². The number of hydrogen-bond donors (Lipinski definition) is 0. The highest BCUT2D eigenvalue weighted by molar-refractivity contribution is 5.87. The van der Waals surface area contributed by atoms with Gasteiger partial charge in [0.25, 0.3) is 0 Å². The van der Waals surface area contributed by atoms with Crippen molar-refractivity contribution in [3.8, 4) is 11.5 Å². The van der Waals surface area contributed by atoms with Crippen LogP contribution < -0.4 is 9.47 Å². The molecule has 0 unspecified atom stereocenters. The summed E-state index contributed by atoms with van der Waals surface area (Å²) in [5, 5.41) is 0. The number of nitrogens with zero attached hydrogens (tertiary/aromatic N) is 2. The third kappa shape index (κ3) is 7.27. The van der Waals surface area contributed by atoms with Gasteiger partial charge in [0.05, 0.1) is 27.3 Å². The Kier molecular flexibility index (Phi) is 9.42. The summed E-state index contributed by atoms with van der Waals surface area (Å²) >= 11 is 0. The lowest BCUT2D eigenvalue weighted by Gasteiger charge is -2.27. The standard InChI is InChI=1S/C27H38N2O5/c1-5-6-7-15-29(27(31)22-10-11-22)19-26(30)28(18-23-12-8-20(2)34-23)16-14-21-9-13-24(32-3)25(17-21)33-4/h8-9,12-13,17,22H,5-7,10-11,14-16,18-19H2,1-4H3. The normalized spacial score (nSPS) is 12.9. The predicted octanol–water partition coefficient (Wildman–Crippen LogP) is 4.61. The molecule has 0 saturated heterocycles. The van der Waals surface area contributed by atoms with Crippen LogP contribution in [-0.4, -0.2) is 55.5 Å². The zero-order valence-corrected chi connectivity index (χ0v) is 21.0. The topological polar surface area (TPSA) is 72.2 Å². The van der Waals surface area contributed by atoms with E-state index in [1.165, 1.54) is 0 Å². The molecule has 1 fully saturated rings. The Balaban J connectivity index is 1.71. The van der Waals surface area contributed by atoms with E-state index in [0.717, 1.165) is 49.2 Å². The number of carbonyl (C=O) groups excluding carboxylic acids is 2. The fourth-order valence-electron chi connectivity index (χ4n) is 4.02. The third-order valence-electron chi connectivity index (χ3n) is 6.21. The van der Waals surface area contributed by atoms with Crippen molar-refractivity contribution in [1.29, 1.82) is 0 Å². The number of hydrogen-bond acceptors (Lipinski definition) is 5. The van der Waals surface area contributed by atoms with Crippen LogP contribution in [0.4, 0.5) is 0 Å². The van der Waals surface area contributed by atoms with Crippen LogP contribution in [0.3, 0.4) is 0 Å². The van der Waals surface area contributed by atoms with Gasteiger partial charge in [-0.1, -0.05) is 25.8 Å². The van der Waals surface area contributed by atoms with Crippen molar-refractivity contribution in [2.24, 2.45) is 5.92 Å². The van der Waals surface area contributed by atoms with Gasteiger partial charge in [-0.15, -0.1) is 0 Å². The van der Waals surface area contributed by atoms with Crippen molar-refractivity contribution >= 4 is 11.8 Å². The highest BCUT2D eigenvalue weighted by Gasteiger charge is 2.34. The lowest BCUT2D eigenvalue weighted by Crippen LogP contribution is -2.44. The van der Waals surface area contributed by atoms with Crippen molar-refractivity contribution in [2.75, 3.05) is 33.9 Å². The molecular weight excluding hydrogens is 432 g/mol. The lowest BCUT2D eigenvalue weighted by atomic mass is 10.1. The molecule has 3 rings (SSSR count). The first-order chi connectivity index (χ1) is 16.4. The summed E-state index contributed by atoms with van der Waals surface area (Å²) in [6, 6.07) is 9.60. The molecule has 0 N–H and O–H groups in total. The van der Waals surface area contributed by atoms with Crippen LogP contribution in [-0.2, 0) is 22.6 Å². The second-order valence-electron chi connectivity index (χ2n) is 9.01. The first-order valence-corrected chi connectivity index (χ1v) is 12.3. The highest BCUT2D eigenvalue weighted by Crippen LogP contribution is 2.31. The van der Waals surface area contributed by atoms with E-state index >= 15 is 0 Å². The Labute approximate surface area is 203 Å². The minimum Gasteiger partial charge on any atom is -0.493 e. The summed E-state index contributed by atoms with van der Waals surface area (Å²) in [4.78, 5) is 29.8. The van der Waals surface area contributed by atoms with E-state index < -0.39 is 0 Å². The SMILES string of the molecule is CCCCCN(CC(=O)N(CCc1ccc(OC)c(OC)c1)Cc1ccc(C)o1)C(=O)C1CC1. The maximum Gasteiger partial charge on any atom is 0.242 e. The fourth-order valence-corrected chi connectivity index (χ4v) is 4.02. The van der Waals surface area contributed by atoms with Crippen LogP contribution in [0.1, 0.15) is 56.1 Å². The Morgan fingerprint density at radius 2 is 1.76 bits per heavy atom. The fraction of sp³-hybridized carbons (Fsp3) is 0.556. The molecule has 1 aromatic heterocycles. The first-order valence-electron chi connectivity index (χ1n) is 12.3. The predicted molar refractivity (Wildman–Crippen MR) is 131 cm³/mol. The number of unbranched alkanes of at least 4 members (excludes halogenated alkanes) is 2. The van der Waals surface area contributed by atoms with Gasteiger partial charge in [0, 0.05) is 19.0 Å². The van der Waals surface area contributed by atoms with Crippen LogP contribution in [0.2, 0.25) is 0 Å². The van der Waals surface area contributed by atoms with E-state index in [-0.39, 0.29) is 24.3 Å². The van der Waals surface area contributed by atoms with Gasteiger partial charge in [-0.2, -0.15) is 0 Å². The minimum atomic E-state index is -0.0555. The molecule has 0 aliphatic heterocycles. The van der Waals surface area contributed by atoms with Gasteiger partial charge in [0.1, 0.15) is 11.5 Å². The minimum absolute atomic E-state index is 0.0555. The smallest absolute Gasteiger partial charge is 0.242 e. The van der Waals surface area contributed by atoms with E-state index in [0.29, 0.717) is 37.6 Å². The summed E-state index contributed by atoms with van der Waals surface area (Å²) < 4.78 is 16.5. The number of amides is 2. The van der Waals surface area contributed by atoms with E-state index in [1.54, 1.807) is 24.0 Å². The second-order valence-corrected chi connectivity index (χ2v) is 9.01. The number of methoxy groups -OCH3 is 2. The van der Waals surface area contributed by atoms with E-state index in [4.69, 9.17) is 13.9 Å². The summed E-state index contributed by atoms with van der Waals surface area (Å²) in [6.45, 7) is 5.67. The molecule has 1 aromatic carbocycles. The van der Waals surface area contributed by atoms with Crippen LogP contribution in [0.15, 0.2) is 34.7 Å². The number of benzene rings is 1. The van der Waals surface area contributed by atoms with Crippen LogP contribution in [0.5, 0.6) is 11.5 Å². The molecule has 2 aromatic rings. The molecule has 1 aliphatic rings. The number of furan rings is 1. The largest absolute Gasteiger partial charge is 0.493 e. The van der Waals surface area contributed by atoms with E-state index in [2.05, 4.69) is 6.92 Å². The average molecular weight is 471 g/mol. The second kappa shape index (κ2) is 12.5. The molecule has 7 nitrogen and oxygen atoms in total. The molecule has 0 spiro atoms. The summed E-state index contributed by atoms with van der Waals surface area (Å²) in [6.07, 6.45) is 5.58. The molecule has 0 bridgehead atoms. The number of rotatable bonds is 14. The number of ether oxygens (including phenoxy) is 2. The van der Waals surface area contributed by atoms with Crippen molar-refractivity contribution in [3.05, 3.63) is 47.4 Å². The Bertz CT molecular complexity index is 950. The Morgan fingerprint density at radius 1 is 1.00 bits per heavy atom. The van der Waals surface area contributed by atoms with Gasteiger partial charge < -0.3 is 23.7 Å². The third-order valence-corrected chi connectivity index (χ3v) is 6.21. The molecule has 1 saturated carbocycles. The summed E-state index contributed by atoms with van der Waals surface area (Å²) in [7, 11) is 3.22. The highest BCUT2D eigenvalue weighted by atomic mass is 16.5. The summed E-state index contributed by atoms with van der Waals surface area (Å²) in [5.74, 6) is 3.06. The first kappa shape index (κ1) is 25.7. The Hall–Kier alpha value is -2.96. The van der Waals surface area contributed by atoms with Gasteiger partial charge in [0.15, 0.2) is 11.5 Å². The van der Waals surface area contributed by atoms with E-state index in [9.17, 15) is 9.59 Å². The van der Waals surface area contributed by atoms with Gasteiger partial charge in [0.2, 0.25) is 11.8 Å². The van der Waals surface area contributed by atoms with Crippen LogP contribution in [0.25, 0.3) is 0 Å². The zero-order chi connectivity index (χ0) is 24.5. The molecule has 0 atom stereocenters. The van der Waals surface area contributed by atoms with Crippen molar-refractivity contribution in [1.82, 2.24) is 9.80 Å².